The molecule has 0 aliphatic heterocycles. The van der Waals surface area contributed by atoms with Gasteiger partial charge in [0.1, 0.15) is 23.9 Å². The number of hydrogen-bond acceptors (Lipinski definition) is 5. The molecule has 1 saturated carbocycles. The van der Waals surface area contributed by atoms with Gasteiger partial charge in [0.05, 0.1) is 26.7 Å². The van der Waals surface area contributed by atoms with Gasteiger partial charge in [-0.2, -0.15) is 0 Å². The van der Waals surface area contributed by atoms with Crippen LogP contribution in [0.3, 0.4) is 0 Å². The van der Waals surface area contributed by atoms with E-state index in [1.165, 1.54) is 13.2 Å². The Morgan fingerprint density at radius 1 is 1.02 bits per heavy atom. The minimum absolute atomic E-state index is 0.128. The van der Waals surface area contributed by atoms with Crippen LogP contribution in [-0.2, 0) is 20.9 Å². The van der Waals surface area contributed by atoms with Crippen LogP contribution in [0.1, 0.15) is 61.8 Å². The van der Waals surface area contributed by atoms with Crippen LogP contribution in [0.25, 0.3) is 11.1 Å². The van der Waals surface area contributed by atoms with Crippen molar-refractivity contribution in [1.82, 2.24) is 0 Å². The van der Waals surface area contributed by atoms with Crippen LogP contribution in [0.4, 0.5) is 4.39 Å². The van der Waals surface area contributed by atoms with Gasteiger partial charge in [-0.3, -0.25) is 4.79 Å². The molecule has 0 amide bonds. The van der Waals surface area contributed by atoms with Gasteiger partial charge < -0.3 is 18.9 Å². The van der Waals surface area contributed by atoms with Crippen LogP contribution in [0.15, 0.2) is 73.3 Å². The molecular weight excluding hydrogens is 507 g/mol. The van der Waals surface area contributed by atoms with Crippen LogP contribution >= 0.6 is 0 Å². The first-order valence-electron chi connectivity index (χ1n) is 13.6. The average molecular weight is 547 g/mol. The maximum Gasteiger partial charge on any atom is 0.306 e. The number of methoxy groups -OCH3 is 3. The third-order valence-electron chi connectivity index (χ3n) is 7.80. The molecule has 2 atom stereocenters. The molecule has 0 heterocycles. The number of carbonyl (C=O) groups is 1. The van der Waals surface area contributed by atoms with Crippen LogP contribution in [-0.4, -0.2) is 27.3 Å². The average Bonchev–Trinajstić information content (AvgIpc) is 3.81. The second-order valence-corrected chi connectivity index (χ2v) is 11.0. The summed E-state index contributed by atoms with van der Waals surface area (Å²) in [6.07, 6.45) is 4.08. The Morgan fingerprint density at radius 3 is 2.45 bits per heavy atom. The maximum absolute atomic E-state index is 15.1. The van der Waals surface area contributed by atoms with E-state index in [1.807, 2.05) is 56.3 Å². The number of benzene rings is 3. The van der Waals surface area contributed by atoms with Gasteiger partial charge >= 0.3 is 5.97 Å². The molecular formula is C34H39FO5. The molecule has 0 spiro atoms. The molecule has 0 N–H and O–H groups in total. The molecule has 1 unspecified atom stereocenters. The standard InChI is InChI=1S/C34H39FO5/c1-7-34(2,3)33(39-6)30-17-22(11-15-27(30)29-19-25(37-4)14-16-31(29)35)21-40-26-10-8-9-24(18-26)28(23-12-13-23)20-32(36)38-5/h7-11,14-19,23,28,33H,1,12-13,20-21H2,2-6H3/t28-,33?/m1/s1. The largest absolute Gasteiger partial charge is 0.497 e. The van der Waals surface area contributed by atoms with Gasteiger partial charge in [0, 0.05) is 18.1 Å². The van der Waals surface area contributed by atoms with Crippen molar-refractivity contribution in [1.29, 1.82) is 0 Å². The lowest BCUT2D eigenvalue weighted by Crippen LogP contribution is -2.22. The van der Waals surface area contributed by atoms with E-state index < -0.39 is 5.41 Å². The van der Waals surface area contributed by atoms with Crippen LogP contribution in [0.2, 0.25) is 0 Å². The number of esters is 1. The molecule has 4 rings (SSSR count). The van der Waals surface area contributed by atoms with Crippen molar-refractivity contribution in [2.75, 3.05) is 21.3 Å². The zero-order valence-corrected chi connectivity index (χ0v) is 24.0. The predicted molar refractivity (Wildman–Crippen MR) is 155 cm³/mol. The van der Waals surface area contributed by atoms with Gasteiger partial charge in [0.25, 0.3) is 0 Å². The molecule has 1 fully saturated rings. The highest BCUT2D eigenvalue weighted by molar-refractivity contribution is 5.71. The molecule has 1 aliphatic rings. The third kappa shape index (κ3) is 6.73. The van der Waals surface area contributed by atoms with Crippen molar-refractivity contribution >= 4 is 5.97 Å². The molecule has 0 bridgehead atoms. The van der Waals surface area contributed by atoms with E-state index >= 15 is 4.39 Å². The number of ether oxygens (including phenoxy) is 4. The lowest BCUT2D eigenvalue weighted by molar-refractivity contribution is -0.141. The highest BCUT2D eigenvalue weighted by Gasteiger charge is 2.34. The topological polar surface area (TPSA) is 54.0 Å². The van der Waals surface area contributed by atoms with E-state index in [1.54, 1.807) is 26.4 Å². The zero-order valence-electron chi connectivity index (χ0n) is 24.0. The molecule has 0 saturated heterocycles. The minimum atomic E-state index is -0.426. The van der Waals surface area contributed by atoms with Gasteiger partial charge in [-0.1, -0.05) is 44.2 Å². The first kappa shape index (κ1) is 29.3. The summed E-state index contributed by atoms with van der Waals surface area (Å²) in [6, 6.07) is 18.5. The van der Waals surface area contributed by atoms with Crippen LogP contribution in [0.5, 0.6) is 11.5 Å². The summed E-state index contributed by atoms with van der Waals surface area (Å²) in [7, 11) is 4.65. The highest BCUT2D eigenvalue weighted by Crippen LogP contribution is 2.46. The first-order chi connectivity index (χ1) is 19.2. The van der Waals surface area contributed by atoms with Crippen LogP contribution in [0, 0.1) is 17.2 Å². The van der Waals surface area contributed by atoms with Crippen molar-refractivity contribution in [3.63, 3.8) is 0 Å². The van der Waals surface area contributed by atoms with Gasteiger partial charge in [-0.25, -0.2) is 4.39 Å². The highest BCUT2D eigenvalue weighted by atomic mass is 19.1. The molecule has 3 aromatic rings. The molecule has 6 heteroatoms. The summed E-state index contributed by atoms with van der Waals surface area (Å²) in [5.74, 6) is 1.39. The minimum Gasteiger partial charge on any atom is -0.497 e. The summed E-state index contributed by atoms with van der Waals surface area (Å²) in [6.45, 7) is 8.40. The Morgan fingerprint density at radius 2 is 1.80 bits per heavy atom. The Kier molecular flexibility index (Phi) is 9.31. The summed E-state index contributed by atoms with van der Waals surface area (Å²) >= 11 is 0. The molecule has 0 aromatic heterocycles. The Bertz CT molecular complexity index is 1340. The fraction of sp³-hybridized carbons (Fsp3) is 0.382. The fourth-order valence-electron chi connectivity index (χ4n) is 5.26. The van der Waals surface area contributed by atoms with Crippen molar-refractivity contribution in [2.24, 2.45) is 11.3 Å². The van der Waals surface area contributed by atoms with Crippen molar-refractivity contribution in [3.8, 4) is 22.6 Å². The number of carbonyl (C=O) groups excluding carboxylic acids is 1. The third-order valence-corrected chi connectivity index (χ3v) is 7.80. The summed E-state index contributed by atoms with van der Waals surface area (Å²) < 4.78 is 37.6. The number of halogens is 1. The van der Waals surface area contributed by atoms with Crippen molar-refractivity contribution in [2.45, 2.75) is 51.7 Å². The second-order valence-electron chi connectivity index (χ2n) is 11.0. The lowest BCUT2D eigenvalue weighted by Gasteiger charge is -2.32. The SMILES string of the molecule is C=CC(C)(C)C(OC)c1cc(COc2cccc([C@H](CC(=O)OC)C3CC3)c2)ccc1-c1cc(OC)ccc1F. The van der Waals surface area contributed by atoms with Gasteiger partial charge in [0.2, 0.25) is 0 Å². The normalized spacial score (nSPS) is 14.8. The molecule has 0 radical (unpaired) electrons. The first-order valence-corrected chi connectivity index (χ1v) is 13.6. The molecule has 212 valence electrons. The van der Waals surface area contributed by atoms with E-state index in [4.69, 9.17) is 18.9 Å². The van der Waals surface area contributed by atoms with Gasteiger partial charge in [0.15, 0.2) is 0 Å². The van der Waals surface area contributed by atoms with E-state index in [0.29, 0.717) is 30.3 Å². The van der Waals surface area contributed by atoms with E-state index in [2.05, 4.69) is 12.6 Å². The Balaban J connectivity index is 1.65. The Hall–Kier alpha value is -3.64. The smallest absolute Gasteiger partial charge is 0.306 e. The predicted octanol–water partition coefficient (Wildman–Crippen LogP) is 8.04. The quantitative estimate of drug-likeness (QED) is 0.160. The summed E-state index contributed by atoms with van der Waals surface area (Å²) in [5, 5.41) is 0. The lowest BCUT2D eigenvalue weighted by atomic mass is 9.79. The zero-order chi connectivity index (χ0) is 28.9. The van der Waals surface area contributed by atoms with Gasteiger partial charge in [-0.05, 0) is 83.3 Å². The van der Waals surface area contributed by atoms with Crippen LogP contribution < -0.4 is 9.47 Å². The van der Waals surface area contributed by atoms with Crippen molar-refractivity contribution in [3.05, 3.63) is 95.8 Å². The second kappa shape index (κ2) is 12.7. The maximum atomic E-state index is 15.1. The van der Waals surface area contributed by atoms with Gasteiger partial charge in [-0.15, -0.1) is 6.58 Å². The summed E-state index contributed by atoms with van der Waals surface area (Å²) in [5.41, 5.74) is 3.57. The summed E-state index contributed by atoms with van der Waals surface area (Å²) in [4.78, 5) is 12.0. The van der Waals surface area contributed by atoms with E-state index in [9.17, 15) is 4.79 Å². The Labute approximate surface area is 236 Å². The fourth-order valence-corrected chi connectivity index (χ4v) is 5.26. The molecule has 3 aromatic carbocycles. The number of rotatable bonds is 13. The molecule has 40 heavy (non-hydrogen) atoms. The van der Waals surface area contributed by atoms with E-state index in [-0.39, 0.29) is 23.8 Å². The number of hydrogen-bond donors (Lipinski definition) is 0. The molecule has 5 nitrogen and oxygen atoms in total. The van der Waals surface area contributed by atoms with E-state index in [0.717, 1.165) is 40.8 Å². The molecule has 1 aliphatic carbocycles. The van der Waals surface area contributed by atoms with Crippen molar-refractivity contribution < 1.29 is 28.1 Å². The monoisotopic (exact) mass is 546 g/mol.